The molecule has 0 aromatic carbocycles. The molecule has 0 spiro atoms. The van der Waals surface area contributed by atoms with Crippen LogP contribution in [0.3, 0.4) is 0 Å². The van der Waals surface area contributed by atoms with Gasteiger partial charge in [-0.05, 0) is 43.2 Å². The van der Waals surface area contributed by atoms with Crippen molar-refractivity contribution in [2.75, 3.05) is 6.54 Å². The molecule has 8 heteroatoms. The molecule has 0 aliphatic carbocycles. The van der Waals surface area contributed by atoms with Gasteiger partial charge in [-0.1, -0.05) is 0 Å². The number of aromatic amines is 1. The van der Waals surface area contributed by atoms with E-state index in [9.17, 15) is 13.5 Å². The SMILES string of the molecule is Cc1csc(CO)c1S(=O)(=O)NCCCc1cn[nH]c1C. The summed E-state index contributed by atoms with van der Waals surface area (Å²) in [7, 11) is -3.56. The molecule has 0 fully saturated rings. The molecule has 3 N–H and O–H groups in total. The molecule has 2 heterocycles. The third kappa shape index (κ3) is 3.70. The lowest BCUT2D eigenvalue weighted by molar-refractivity contribution is 0.282. The minimum absolute atomic E-state index is 0.217. The number of H-pyrrole nitrogens is 1. The number of hydrogen-bond donors (Lipinski definition) is 3. The number of nitrogens with zero attached hydrogens (tertiary/aromatic N) is 1. The lowest BCUT2D eigenvalue weighted by Crippen LogP contribution is -2.26. The fraction of sp³-hybridized carbons (Fsp3) is 0.462. The summed E-state index contributed by atoms with van der Waals surface area (Å²) in [6.45, 7) is 3.77. The molecule has 21 heavy (non-hydrogen) atoms. The first-order chi connectivity index (χ1) is 9.95. The van der Waals surface area contributed by atoms with Crippen molar-refractivity contribution in [3.05, 3.63) is 33.3 Å². The Labute approximate surface area is 128 Å². The van der Waals surface area contributed by atoms with E-state index in [1.807, 2.05) is 6.92 Å². The maximum atomic E-state index is 12.3. The summed E-state index contributed by atoms with van der Waals surface area (Å²) < 4.78 is 27.2. The molecule has 0 saturated heterocycles. The number of aryl methyl sites for hydroxylation is 3. The molecule has 116 valence electrons. The first-order valence-corrected chi connectivity index (χ1v) is 8.98. The molecule has 2 aromatic rings. The smallest absolute Gasteiger partial charge is 0.242 e. The number of thiophene rings is 1. The number of aliphatic hydroxyl groups excluding tert-OH is 1. The van der Waals surface area contributed by atoms with Gasteiger partial charge in [0.25, 0.3) is 0 Å². The van der Waals surface area contributed by atoms with Gasteiger partial charge in [-0.15, -0.1) is 11.3 Å². The Balaban J connectivity index is 1.96. The molecular weight excluding hydrogens is 310 g/mol. The maximum Gasteiger partial charge on any atom is 0.242 e. The summed E-state index contributed by atoms with van der Waals surface area (Å²) in [6.07, 6.45) is 3.22. The van der Waals surface area contributed by atoms with E-state index in [1.165, 1.54) is 11.3 Å². The highest BCUT2D eigenvalue weighted by Gasteiger charge is 2.22. The molecule has 0 unspecified atom stereocenters. The predicted octanol–water partition coefficient (Wildman–Crippen LogP) is 1.49. The summed E-state index contributed by atoms with van der Waals surface area (Å²) in [5, 5.41) is 17.8. The summed E-state index contributed by atoms with van der Waals surface area (Å²) >= 11 is 1.26. The van der Waals surface area contributed by atoms with E-state index in [2.05, 4.69) is 14.9 Å². The lowest BCUT2D eigenvalue weighted by atomic mass is 10.1. The zero-order chi connectivity index (χ0) is 15.5. The van der Waals surface area contributed by atoms with Gasteiger partial charge in [0.05, 0.1) is 17.7 Å². The van der Waals surface area contributed by atoms with E-state index in [1.54, 1.807) is 18.5 Å². The highest BCUT2D eigenvalue weighted by atomic mass is 32.2. The van der Waals surface area contributed by atoms with Crippen LogP contribution < -0.4 is 4.72 Å². The molecule has 0 saturated carbocycles. The highest BCUT2D eigenvalue weighted by molar-refractivity contribution is 7.89. The monoisotopic (exact) mass is 329 g/mol. The minimum atomic E-state index is -3.56. The molecule has 0 aliphatic rings. The third-order valence-electron chi connectivity index (χ3n) is 3.25. The van der Waals surface area contributed by atoms with Crippen LogP contribution in [-0.4, -0.2) is 30.3 Å². The average molecular weight is 329 g/mol. The minimum Gasteiger partial charge on any atom is -0.391 e. The highest BCUT2D eigenvalue weighted by Crippen LogP contribution is 2.26. The quantitative estimate of drug-likeness (QED) is 0.671. The van der Waals surface area contributed by atoms with Gasteiger partial charge in [0.2, 0.25) is 10.0 Å². The van der Waals surface area contributed by atoms with Crippen molar-refractivity contribution in [2.45, 2.75) is 38.2 Å². The predicted molar refractivity (Wildman–Crippen MR) is 81.8 cm³/mol. The Morgan fingerprint density at radius 2 is 2.19 bits per heavy atom. The number of nitrogens with one attached hydrogen (secondary N) is 2. The first kappa shape index (κ1) is 16.2. The topological polar surface area (TPSA) is 95.1 Å². The van der Waals surface area contributed by atoms with E-state index in [0.717, 1.165) is 17.7 Å². The van der Waals surface area contributed by atoms with Crippen LogP contribution >= 0.6 is 11.3 Å². The van der Waals surface area contributed by atoms with Crippen molar-refractivity contribution in [1.82, 2.24) is 14.9 Å². The first-order valence-electron chi connectivity index (χ1n) is 6.62. The van der Waals surface area contributed by atoms with Gasteiger partial charge in [0.1, 0.15) is 4.90 Å². The van der Waals surface area contributed by atoms with Gasteiger partial charge in [0, 0.05) is 12.2 Å². The van der Waals surface area contributed by atoms with Gasteiger partial charge < -0.3 is 5.11 Å². The van der Waals surface area contributed by atoms with Crippen LogP contribution in [0.25, 0.3) is 0 Å². The number of hydrogen-bond acceptors (Lipinski definition) is 5. The van der Waals surface area contributed by atoms with Crippen molar-refractivity contribution in [2.24, 2.45) is 0 Å². The summed E-state index contributed by atoms with van der Waals surface area (Å²) in [5.41, 5.74) is 2.77. The van der Waals surface area contributed by atoms with Crippen molar-refractivity contribution in [3.8, 4) is 0 Å². The van der Waals surface area contributed by atoms with Gasteiger partial charge >= 0.3 is 0 Å². The normalized spacial score (nSPS) is 12.0. The van der Waals surface area contributed by atoms with E-state index in [-0.39, 0.29) is 11.5 Å². The molecule has 0 amide bonds. The Bertz CT molecular complexity index is 704. The van der Waals surface area contributed by atoms with Gasteiger partial charge in [-0.3, -0.25) is 5.10 Å². The summed E-state index contributed by atoms with van der Waals surface area (Å²) in [4.78, 5) is 0.695. The van der Waals surface area contributed by atoms with Crippen LogP contribution in [0.2, 0.25) is 0 Å². The maximum absolute atomic E-state index is 12.3. The molecule has 2 aromatic heterocycles. The second-order valence-corrected chi connectivity index (χ2v) is 7.52. The molecule has 0 radical (unpaired) electrons. The number of aliphatic hydroxyl groups is 1. The van der Waals surface area contributed by atoms with E-state index in [4.69, 9.17) is 0 Å². The molecule has 0 aliphatic heterocycles. The van der Waals surface area contributed by atoms with Crippen molar-refractivity contribution in [1.29, 1.82) is 0 Å². The van der Waals surface area contributed by atoms with Crippen LogP contribution in [0.4, 0.5) is 0 Å². The van der Waals surface area contributed by atoms with E-state index >= 15 is 0 Å². The number of rotatable bonds is 7. The van der Waals surface area contributed by atoms with Crippen LogP contribution in [0.5, 0.6) is 0 Å². The largest absolute Gasteiger partial charge is 0.391 e. The Kier molecular flexibility index (Phi) is 5.15. The zero-order valence-corrected chi connectivity index (χ0v) is 13.6. The van der Waals surface area contributed by atoms with Crippen LogP contribution in [-0.2, 0) is 23.1 Å². The standard InChI is InChI=1S/C13H19N3O3S2/c1-9-8-20-12(7-17)13(9)21(18,19)15-5-3-4-11-6-14-16-10(11)2/h6,8,15,17H,3-5,7H2,1-2H3,(H,14,16). The summed E-state index contributed by atoms with van der Waals surface area (Å²) in [5.74, 6) is 0. The third-order valence-corrected chi connectivity index (χ3v) is 6.16. The van der Waals surface area contributed by atoms with Crippen molar-refractivity contribution >= 4 is 21.4 Å². The van der Waals surface area contributed by atoms with Gasteiger partial charge in [-0.25, -0.2) is 13.1 Å². The molecule has 6 nitrogen and oxygen atoms in total. The number of sulfonamides is 1. The molecule has 0 bridgehead atoms. The molecule has 2 rings (SSSR count). The fourth-order valence-corrected chi connectivity index (χ4v) is 4.87. The molecule has 0 atom stereocenters. The van der Waals surface area contributed by atoms with E-state index < -0.39 is 10.0 Å². The second-order valence-electron chi connectivity index (χ2n) is 4.85. The lowest BCUT2D eigenvalue weighted by Gasteiger charge is -2.08. The Hall–Kier alpha value is -1.22. The van der Waals surface area contributed by atoms with E-state index in [0.29, 0.717) is 23.4 Å². The Morgan fingerprint density at radius 3 is 2.81 bits per heavy atom. The number of aromatic nitrogens is 2. The van der Waals surface area contributed by atoms with Crippen LogP contribution in [0.15, 0.2) is 16.5 Å². The van der Waals surface area contributed by atoms with Crippen LogP contribution in [0, 0.1) is 13.8 Å². The van der Waals surface area contributed by atoms with Crippen molar-refractivity contribution < 1.29 is 13.5 Å². The van der Waals surface area contributed by atoms with Crippen molar-refractivity contribution in [3.63, 3.8) is 0 Å². The summed E-state index contributed by atoms with van der Waals surface area (Å²) in [6, 6.07) is 0. The second kappa shape index (κ2) is 6.69. The fourth-order valence-electron chi connectivity index (χ4n) is 2.14. The van der Waals surface area contributed by atoms with Crippen LogP contribution in [0.1, 0.15) is 28.1 Å². The Morgan fingerprint density at radius 1 is 1.43 bits per heavy atom. The van der Waals surface area contributed by atoms with Gasteiger partial charge in [0.15, 0.2) is 0 Å². The van der Waals surface area contributed by atoms with Gasteiger partial charge in [-0.2, -0.15) is 5.10 Å². The average Bonchev–Trinajstić information content (AvgIpc) is 3.01. The zero-order valence-electron chi connectivity index (χ0n) is 12.0. The molecular formula is C13H19N3O3S2.